The number of Topliss-reactive ketones (excluding diaryl/α,β-unsaturated/α-hetero) is 1. The predicted molar refractivity (Wildman–Crippen MR) is 60.3 cm³/mol. The van der Waals surface area contributed by atoms with Gasteiger partial charge in [-0.2, -0.15) is 0 Å². The highest BCUT2D eigenvalue weighted by molar-refractivity contribution is 6.10. The first-order chi connectivity index (χ1) is 8.99. The molecule has 19 heavy (non-hydrogen) atoms. The summed E-state index contributed by atoms with van der Waals surface area (Å²) in [6, 6.07) is 4.21. The Kier molecular flexibility index (Phi) is 3.37. The third-order valence-electron chi connectivity index (χ3n) is 2.65. The summed E-state index contributed by atoms with van der Waals surface area (Å²) in [5.41, 5.74) is 0.0814. The highest BCUT2D eigenvalue weighted by atomic mass is 16.7. The van der Waals surface area contributed by atoms with Gasteiger partial charge in [-0.3, -0.25) is 14.4 Å². The first-order valence-electron chi connectivity index (χ1n) is 5.37. The molecule has 2 N–H and O–H groups in total. The van der Waals surface area contributed by atoms with Gasteiger partial charge in [0, 0.05) is 5.56 Å². The lowest BCUT2D eigenvalue weighted by atomic mass is 9.94. The standard InChI is InChI=1S/C12H10O7/c13-10(14)4-7(12(16)17)11(15)6-1-2-8-9(3-6)19-5-18-8/h1-3,7H,4-5H2,(H,13,14)(H,16,17). The quantitative estimate of drug-likeness (QED) is 0.598. The van der Waals surface area contributed by atoms with Crippen molar-refractivity contribution in [3.63, 3.8) is 0 Å². The number of carboxylic acid groups (broad SMARTS) is 2. The minimum Gasteiger partial charge on any atom is -0.481 e. The summed E-state index contributed by atoms with van der Waals surface area (Å²) in [4.78, 5) is 33.5. The summed E-state index contributed by atoms with van der Waals surface area (Å²) in [5, 5.41) is 17.5. The molecule has 7 nitrogen and oxygen atoms in total. The summed E-state index contributed by atoms with van der Waals surface area (Å²) in [7, 11) is 0. The van der Waals surface area contributed by atoms with Crippen LogP contribution in [0.25, 0.3) is 0 Å². The Morgan fingerprint density at radius 3 is 2.47 bits per heavy atom. The Hall–Kier alpha value is -2.57. The van der Waals surface area contributed by atoms with Gasteiger partial charge in [0.05, 0.1) is 6.42 Å². The van der Waals surface area contributed by atoms with Gasteiger partial charge in [-0.25, -0.2) is 0 Å². The maximum atomic E-state index is 12.0. The van der Waals surface area contributed by atoms with Crippen molar-refractivity contribution in [2.75, 3.05) is 6.79 Å². The van der Waals surface area contributed by atoms with Crippen LogP contribution in [-0.4, -0.2) is 34.7 Å². The number of ketones is 1. The number of carboxylic acids is 2. The molecule has 100 valence electrons. The number of carbonyl (C=O) groups excluding carboxylic acids is 1. The molecule has 0 radical (unpaired) electrons. The maximum Gasteiger partial charge on any atom is 0.315 e. The smallest absolute Gasteiger partial charge is 0.315 e. The van der Waals surface area contributed by atoms with Gasteiger partial charge in [-0.05, 0) is 18.2 Å². The van der Waals surface area contributed by atoms with Crippen molar-refractivity contribution < 1.29 is 34.1 Å². The van der Waals surface area contributed by atoms with Crippen LogP contribution in [0, 0.1) is 5.92 Å². The van der Waals surface area contributed by atoms with Crippen LogP contribution < -0.4 is 9.47 Å². The van der Waals surface area contributed by atoms with E-state index in [-0.39, 0.29) is 12.4 Å². The third kappa shape index (κ3) is 2.65. The molecular formula is C12H10O7. The fourth-order valence-corrected chi connectivity index (χ4v) is 1.72. The Bertz CT molecular complexity index is 549. The largest absolute Gasteiger partial charge is 0.481 e. The zero-order valence-electron chi connectivity index (χ0n) is 9.66. The molecule has 0 saturated carbocycles. The number of hydrogen-bond acceptors (Lipinski definition) is 5. The Morgan fingerprint density at radius 1 is 1.16 bits per heavy atom. The molecule has 0 saturated heterocycles. The van der Waals surface area contributed by atoms with Crippen molar-refractivity contribution in [3.8, 4) is 11.5 Å². The highest BCUT2D eigenvalue weighted by Crippen LogP contribution is 2.33. The lowest BCUT2D eigenvalue weighted by Crippen LogP contribution is -2.26. The van der Waals surface area contributed by atoms with Crippen molar-refractivity contribution in [1.82, 2.24) is 0 Å². The van der Waals surface area contributed by atoms with Crippen molar-refractivity contribution in [3.05, 3.63) is 23.8 Å². The molecule has 0 aliphatic carbocycles. The van der Waals surface area contributed by atoms with E-state index >= 15 is 0 Å². The summed E-state index contributed by atoms with van der Waals surface area (Å²) in [6.45, 7) is 0.0322. The number of hydrogen-bond donors (Lipinski definition) is 2. The molecule has 2 rings (SSSR count). The molecule has 1 unspecified atom stereocenters. The van der Waals surface area contributed by atoms with Crippen LogP contribution in [0.15, 0.2) is 18.2 Å². The SMILES string of the molecule is O=C(O)CC(C(=O)O)C(=O)c1ccc2c(c1)OCO2. The normalized spacial score (nSPS) is 13.9. The summed E-state index contributed by atoms with van der Waals surface area (Å²) >= 11 is 0. The van der Waals surface area contributed by atoms with E-state index in [4.69, 9.17) is 19.7 Å². The van der Waals surface area contributed by atoms with Gasteiger partial charge in [-0.15, -0.1) is 0 Å². The van der Waals surface area contributed by atoms with Gasteiger partial charge in [0.2, 0.25) is 6.79 Å². The maximum absolute atomic E-state index is 12.0. The number of rotatable bonds is 5. The van der Waals surface area contributed by atoms with Gasteiger partial charge in [-0.1, -0.05) is 0 Å². The Labute approximate surface area is 107 Å². The number of benzene rings is 1. The van der Waals surface area contributed by atoms with Crippen molar-refractivity contribution in [2.45, 2.75) is 6.42 Å². The van der Waals surface area contributed by atoms with Crippen LogP contribution >= 0.6 is 0 Å². The van der Waals surface area contributed by atoms with Crippen LogP contribution in [0.3, 0.4) is 0 Å². The lowest BCUT2D eigenvalue weighted by Gasteiger charge is -2.09. The number of aliphatic carboxylic acids is 2. The molecule has 1 aliphatic rings. The third-order valence-corrected chi connectivity index (χ3v) is 2.65. The Balaban J connectivity index is 2.26. The van der Waals surface area contributed by atoms with Crippen LogP contribution in [0.5, 0.6) is 11.5 Å². The predicted octanol–water partition coefficient (Wildman–Crippen LogP) is 0.773. The zero-order chi connectivity index (χ0) is 14.0. The van der Waals surface area contributed by atoms with E-state index in [1.165, 1.54) is 18.2 Å². The fraction of sp³-hybridized carbons (Fsp3) is 0.250. The second kappa shape index (κ2) is 4.97. The number of ether oxygens (including phenoxy) is 2. The van der Waals surface area contributed by atoms with E-state index in [9.17, 15) is 14.4 Å². The van der Waals surface area contributed by atoms with E-state index in [1.54, 1.807) is 0 Å². The van der Waals surface area contributed by atoms with Gasteiger partial charge in [0.15, 0.2) is 17.3 Å². The van der Waals surface area contributed by atoms with Crippen molar-refractivity contribution >= 4 is 17.7 Å². The second-order valence-corrected chi connectivity index (χ2v) is 3.92. The molecule has 1 heterocycles. The fourth-order valence-electron chi connectivity index (χ4n) is 1.72. The van der Waals surface area contributed by atoms with Crippen molar-refractivity contribution in [2.24, 2.45) is 5.92 Å². The first kappa shape index (κ1) is 12.9. The average Bonchev–Trinajstić information content (AvgIpc) is 2.81. The molecule has 1 aromatic rings. The van der Waals surface area contributed by atoms with E-state index < -0.39 is 30.1 Å². The van der Waals surface area contributed by atoms with Crippen LogP contribution in [-0.2, 0) is 9.59 Å². The van der Waals surface area contributed by atoms with Gasteiger partial charge < -0.3 is 19.7 Å². The molecule has 0 bridgehead atoms. The number of carbonyl (C=O) groups is 3. The molecule has 7 heteroatoms. The van der Waals surface area contributed by atoms with Crippen molar-refractivity contribution in [1.29, 1.82) is 0 Å². The van der Waals surface area contributed by atoms with E-state index in [0.717, 1.165) is 0 Å². The summed E-state index contributed by atoms with van der Waals surface area (Å²) in [5.74, 6) is -4.40. The summed E-state index contributed by atoms with van der Waals surface area (Å²) in [6.07, 6.45) is -0.761. The first-order valence-corrected chi connectivity index (χ1v) is 5.37. The average molecular weight is 266 g/mol. The molecule has 1 aliphatic heterocycles. The van der Waals surface area contributed by atoms with E-state index in [1.807, 2.05) is 0 Å². The van der Waals surface area contributed by atoms with Gasteiger partial charge in [0.1, 0.15) is 5.92 Å². The van der Waals surface area contributed by atoms with E-state index in [2.05, 4.69) is 0 Å². The summed E-state index contributed by atoms with van der Waals surface area (Å²) < 4.78 is 10.1. The van der Waals surface area contributed by atoms with Gasteiger partial charge >= 0.3 is 11.9 Å². The lowest BCUT2D eigenvalue weighted by molar-refractivity contribution is -0.146. The van der Waals surface area contributed by atoms with Crippen LogP contribution in [0.1, 0.15) is 16.8 Å². The monoisotopic (exact) mass is 266 g/mol. The molecule has 1 atom stereocenters. The molecule has 0 aromatic heterocycles. The van der Waals surface area contributed by atoms with Crippen LogP contribution in [0.4, 0.5) is 0 Å². The van der Waals surface area contributed by atoms with E-state index in [0.29, 0.717) is 11.5 Å². The van der Waals surface area contributed by atoms with Crippen LogP contribution in [0.2, 0.25) is 0 Å². The highest BCUT2D eigenvalue weighted by Gasteiger charge is 2.30. The minimum absolute atomic E-state index is 0.0322. The molecule has 0 spiro atoms. The zero-order valence-corrected chi connectivity index (χ0v) is 9.66. The van der Waals surface area contributed by atoms with Gasteiger partial charge in [0.25, 0.3) is 0 Å². The minimum atomic E-state index is -1.61. The molecule has 0 amide bonds. The second-order valence-electron chi connectivity index (χ2n) is 3.92. The Morgan fingerprint density at radius 2 is 1.84 bits per heavy atom. The molecule has 0 fully saturated rings. The number of fused-ring (bicyclic) bond motifs is 1. The molecule has 1 aromatic carbocycles. The topological polar surface area (TPSA) is 110 Å². The molecular weight excluding hydrogens is 256 g/mol.